The minimum Gasteiger partial charge on any atom is -0.344 e. The molecule has 0 radical (unpaired) electrons. The highest BCUT2D eigenvalue weighted by molar-refractivity contribution is 5.95. The van der Waals surface area contributed by atoms with E-state index in [1.807, 2.05) is 43.4 Å². The molecule has 0 N–H and O–H groups in total. The van der Waals surface area contributed by atoms with E-state index in [9.17, 15) is 4.79 Å². The Morgan fingerprint density at radius 2 is 1.55 bits per heavy atom. The van der Waals surface area contributed by atoms with E-state index in [1.165, 1.54) is 4.68 Å². The second-order valence-corrected chi connectivity index (χ2v) is 5.40. The fourth-order valence-electron chi connectivity index (χ4n) is 3.17. The SMILES string of the molecule is CN1c2ccccc2C(C(=O)n2cccn2)c2ccccc21. The third-order valence-corrected chi connectivity index (χ3v) is 4.20. The molecule has 0 aliphatic carbocycles. The van der Waals surface area contributed by atoms with Gasteiger partial charge in [0.05, 0.1) is 5.92 Å². The predicted molar refractivity (Wildman–Crippen MR) is 85.6 cm³/mol. The number of anilines is 2. The molecule has 3 aromatic rings. The van der Waals surface area contributed by atoms with Gasteiger partial charge in [0.15, 0.2) is 0 Å². The average molecular weight is 289 g/mol. The van der Waals surface area contributed by atoms with Crippen molar-refractivity contribution >= 4 is 17.3 Å². The number of benzene rings is 2. The lowest BCUT2D eigenvalue weighted by Gasteiger charge is -2.34. The van der Waals surface area contributed by atoms with Crippen molar-refractivity contribution in [2.45, 2.75) is 5.92 Å². The van der Waals surface area contributed by atoms with Crippen LogP contribution in [0.5, 0.6) is 0 Å². The Hall–Kier alpha value is -2.88. The Kier molecular flexibility index (Phi) is 2.82. The molecule has 0 amide bonds. The molecule has 0 unspecified atom stereocenters. The lowest BCUT2D eigenvalue weighted by Crippen LogP contribution is -2.29. The van der Waals surface area contributed by atoms with Gasteiger partial charge in [0.1, 0.15) is 0 Å². The summed E-state index contributed by atoms with van der Waals surface area (Å²) in [4.78, 5) is 15.1. The summed E-state index contributed by atoms with van der Waals surface area (Å²) in [5.74, 6) is -0.360. The molecule has 4 rings (SSSR count). The van der Waals surface area contributed by atoms with Gasteiger partial charge in [0.25, 0.3) is 5.91 Å². The molecule has 4 heteroatoms. The van der Waals surface area contributed by atoms with E-state index in [2.05, 4.69) is 22.1 Å². The molecule has 0 fully saturated rings. The van der Waals surface area contributed by atoms with Crippen molar-refractivity contribution in [3.8, 4) is 0 Å². The van der Waals surface area contributed by atoms with E-state index in [4.69, 9.17) is 0 Å². The van der Waals surface area contributed by atoms with Gasteiger partial charge in [-0.15, -0.1) is 0 Å². The number of rotatable bonds is 1. The van der Waals surface area contributed by atoms with Gasteiger partial charge in [-0.25, -0.2) is 4.68 Å². The van der Waals surface area contributed by atoms with E-state index in [-0.39, 0.29) is 11.8 Å². The molecule has 2 heterocycles. The molecule has 0 bridgehead atoms. The molecule has 4 nitrogen and oxygen atoms in total. The number of carbonyl (C=O) groups is 1. The summed E-state index contributed by atoms with van der Waals surface area (Å²) < 4.78 is 1.42. The molecule has 2 aromatic carbocycles. The standard InChI is InChI=1S/C18H15N3O/c1-20-15-9-4-2-7-13(15)17(14-8-3-5-10-16(14)20)18(22)21-12-6-11-19-21/h2-12,17H,1H3. The van der Waals surface area contributed by atoms with Crippen LogP contribution in [0.15, 0.2) is 67.0 Å². The van der Waals surface area contributed by atoms with Crippen LogP contribution in [0.3, 0.4) is 0 Å². The van der Waals surface area contributed by atoms with E-state index in [1.54, 1.807) is 18.5 Å². The molecule has 22 heavy (non-hydrogen) atoms. The predicted octanol–water partition coefficient (Wildman–Crippen LogP) is 3.44. The van der Waals surface area contributed by atoms with Gasteiger partial charge < -0.3 is 4.90 Å². The van der Waals surface area contributed by atoms with Crippen LogP contribution in [0.2, 0.25) is 0 Å². The summed E-state index contributed by atoms with van der Waals surface area (Å²) in [6.45, 7) is 0. The van der Waals surface area contributed by atoms with Crippen molar-refractivity contribution in [3.05, 3.63) is 78.1 Å². The van der Waals surface area contributed by atoms with Crippen LogP contribution in [0.4, 0.5) is 11.4 Å². The number of hydrogen-bond donors (Lipinski definition) is 0. The Morgan fingerprint density at radius 1 is 0.955 bits per heavy atom. The van der Waals surface area contributed by atoms with E-state index in [0.29, 0.717) is 0 Å². The molecule has 1 aliphatic heterocycles. The maximum Gasteiger partial charge on any atom is 0.258 e. The third-order valence-electron chi connectivity index (χ3n) is 4.20. The number of fused-ring (bicyclic) bond motifs is 2. The maximum absolute atomic E-state index is 13.0. The van der Waals surface area contributed by atoms with Crippen LogP contribution in [-0.2, 0) is 0 Å². The van der Waals surface area contributed by atoms with E-state index >= 15 is 0 Å². The van der Waals surface area contributed by atoms with Crippen LogP contribution >= 0.6 is 0 Å². The minimum absolute atomic E-state index is 0.0296. The Balaban J connectivity index is 1.95. The molecule has 0 atom stereocenters. The van der Waals surface area contributed by atoms with Crippen LogP contribution in [-0.4, -0.2) is 22.7 Å². The zero-order valence-corrected chi connectivity index (χ0v) is 12.2. The van der Waals surface area contributed by atoms with Crippen LogP contribution in [0, 0.1) is 0 Å². The Morgan fingerprint density at radius 3 is 2.09 bits per heavy atom. The first-order valence-corrected chi connectivity index (χ1v) is 7.23. The smallest absolute Gasteiger partial charge is 0.258 e. The summed E-state index contributed by atoms with van der Waals surface area (Å²) in [7, 11) is 2.03. The first-order valence-electron chi connectivity index (χ1n) is 7.23. The highest BCUT2D eigenvalue weighted by atomic mass is 16.2. The molecule has 0 saturated carbocycles. The normalized spacial score (nSPS) is 13.6. The van der Waals surface area contributed by atoms with Crippen LogP contribution in [0.25, 0.3) is 0 Å². The van der Waals surface area contributed by atoms with Gasteiger partial charge >= 0.3 is 0 Å². The summed E-state index contributed by atoms with van der Waals surface area (Å²) in [6.07, 6.45) is 3.33. The first kappa shape index (κ1) is 12.8. The number of hydrogen-bond acceptors (Lipinski definition) is 3. The second kappa shape index (κ2) is 4.84. The molecular weight excluding hydrogens is 274 g/mol. The molecular formula is C18H15N3O. The van der Waals surface area contributed by atoms with Crippen molar-refractivity contribution in [2.24, 2.45) is 0 Å². The number of carbonyl (C=O) groups excluding carboxylic acids is 1. The first-order chi connectivity index (χ1) is 10.8. The Labute approximate surface area is 128 Å². The van der Waals surface area contributed by atoms with Gasteiger partial charge in [-0.05, 0) is 29.3 Å². The second-order valence-electron chi connectivity index (χ2n) is 5.40. The largest absolute Gasteiger partial charge is 0.344 e. The highest BCUT2D eigenvalue weighted by Crippen LogP contribution is 2.44. The van der Waals surface area contributed by atoms with Crippen LogP contribution < -0.4 is 4.90 Å². The fourth-order valence-corrected chi connectivity index (χ4v) is 3.17. The fraction of sp³-hybridized carbons (Fsp3) is 0.111. The van der Waals surface area contributed by atoms with Crippen molar-refractivity contribution < 1.29 is 4.79 Å². The number of para-hydroxylation sites is 2. The monoisotopic (exact) mass is 289 g/mol. The average Bonchev–Trinajstić information content (AvgIpc) is 3.10. The van der Waals surface area contributed by atoms with Gasteiger partial charge in [0, 0.05) is 30.8 Å². The van der Waals surface area contributed by atoms with Gasteiger partial charge in [0.2, 0.25) is 0 Å². The van der Waals surface area contributed by atoms with Gasteiger partial charge in [-0.1, -0.05) is 36.4 Å². The molecule has 1 aliphatic rings. The molecule has 1 aromatic heterocycles. The van der Waals surface area contributed by atoms with Crippen molar-refractivity contribution in [1.29, 1.82) is 0 Å². The molecule has 0 saturated heterocycles. The minimum atomic E-state index is -0.330. The Bertz CT molecular complexity index is 792. The number of aromatic nitrogens is 2. The molecule has 0 spiro atoms. The number of nitrogens with zero attached hydrogens (tertiary/aromatic N) is 3. The quantitative estimate of drug-likeness (QED) is 0.689. The highest BCUT2D eigenvalue weighted by Gasteiger charge is 2.34. The third kappa shape index (κ3) is 1.77. The van der Waals surface area contributed by atoms with Gasteiger partial charge in [-0.3, -0.25) is 4.79 Å². The lowest BCUT2D eigenvalue weighted by atomic mass is 9.84. The summed E-state index contributed by atoms with van der Waals surface area (Å²) >= 11 is 0. The van der Waals surface area contributed by atoms with Crippen molar-refractivity contribution in [1.82, 2.24) is 9.78 Å². The van der Waals surface area contributed by atoms with Crippen LogP contribution in [0.1, 0.15) is 21.8 Å². The summed E-state index contributed by atoms with van der Waals surface area (Å²) in [6, 6.07) is 17.9. The topological polar surface area (TPSA) is 38.1 Å². The lowest BCUT2D eigenvalue weighted by molar-refractivity contribution is 0.0877. The maximum atomic E-state index is 13.0. The van der Waals surface area contributed by atoms with Crippen molar-refractivity contribution in [3.63, 3.8) is 0 Å². The zero-order chi connectivity index (χ0) is 15.1. The van der Waals surface area contributed by atoms with Gasteiger partial charge in [-0.2, -0.15) is 5.10 Å². The van der Waals surface area contributed by atoms with Crippen molar-refractivity contribution in [2.75, 3.05) is 11.9 Å². The summed E-state index contributed by atoms with van der Waals surface area (Å²) in [5.41, 5.74) is 4.16. The molecule has 108 valence electrons. The summed E-state index contributed by atoms with van der Waals surface area (Å²) in [5, 5.41) is 4.11. The van der Waals surface area contributed by atoms with E-state index in [0.717, 1.165) is 22.5 Å². The zero-order valence-electron chi connectivity index (χ0n) is 12.2. The van der Waals surface area contributed by atoms with E-state index < -0.39 is 0 Å².